The number of unbranched alkanes of at least 4 members (excludes halogenated alkanes) is 1. The third-order valence-corrected chi connectivity index (χ3v) is 5.25. The summed E-state index contributed by atoms with van der Waals surface area (Å²) in [6.45, 7) is 3.66. The van der Waals surface area contributed by atoms with Crippen molar-refractivity contribution < 1.29 is 19.4 Å². The summed E-state index contributed by atoms with van der Waals surface area (Å²) >= 11 is 0. The summed E-state index contributed by atoms with van der Waals surface area (Å²) in [5, 5.41) is 14.8. The monoisotopic (exact) mass is 364 g/mol. The van der Waals surface area contributed by atoms with Gasteiger partial charge in [0.15, 0.2) is 0 Å². The van der Waals surface area contributed by atoms with Crippen molar-refractivity contribution in [2.24, 2.45) is 11.8 Å². The molecule has 0 saturated carbocycles. The van der Waals surface area contributed by atoms with E-state index in [9.17, 15) is 9.59 Å². The van der Waals surface area contributed by atoms with Gasteiger partial charge in [0.05, 0.1) is 18.8 Å². The van der Waals surface area contributed by atoms with Crippen LogP contribution in [0.15, 0.2) is 24.3 Å². The number of nitrogens with one attached hydrogen (secondary N) is 2. The molecule has 2 aliphatic heterocycles. The number of carboxylic acids is 1. The Bertz CT molecular complexity index is 518. The molecular weight excluding hydrogens is 332 g/mol. The Morgan fingerprint density at radius 1 is 1.15 bits per heavy atom. The van der Waals surface area contributed by atoms with Crippen molar-refractivity contribution >= 4 is 11.9 Å². The first-order valence-electron chi connectivity index (χ1n) is 9.72. The van der Waals surface area contributed by atoms with Crippen molar-refractivity contribution in [1.29, 1.82) is 0 Å². The van der Waals surface area contributed by atoms with Gasteiger partial charge in [-0.25, -0.2) is 0 Å². The maximum absolute atomic E-state index is 12.0. The highest BCUT2D eigenvalue weighted by atomic mass is 16.5. The average molecular weight is 364 g/mol. The van der Waals surface area contributed by atoms with Crippen LogP contribution in [0.2, 0.25) is 0 Å². The third-order valence-electron chi connectivity index (χ3n) is 5.25. The van der Waals surface area contributed by atoms with Gasteiger partial charge in [0.1, 0.15) is 0 Å². The second kappa shape index (κ2) is 11.1. The van der Waals surface area contributed by atoms with E-state index in [1.54, 1.807) is 0 Å². The number of amides is 1. The normalized spacial score (nSPS) is 27.6. The third kappa shape index (κ3) is 6.57. The van der Waals surface area contributed by atoms with Crippen LogP contribution in [0.3, 0.4) is 0 Å². The van der Waals surface area contributed by atoms with Crippen molar-refractivity contribution in [3.63, 3.8) is 0 Å². The van der Waals surface area contributed by atoms with Crippen molar-refractivity contribution in [2.75, 3.05) is 19.6 Å². The van der Waals surface area contributed by atoms with Crippen molar-refractivity contribution in [1.82, 2.24) is 10.6 Å². The fourth-order valence-corrected chi connectivity index (χ4v) is 3.90. The lowest BCUT2D eigenvalue weighted by molar-refractivity contribution is -0.137. The summed E-state index contributed by atoms with van der Waals surface area (Å²) in [4.78, 5) is 22.5. The molecular formula is C20H32N2O4. The van der Waals surface area contributed by atoms with E-state index in [1.165, 1.54) is 0 Å². The molecule has 146 valence electrons. The number of fused-ring (bicyclic) bond motifs is 2. The van der Waals surface area contributed by atoms with E-state index < -0.39 is 5.97 Å². The van der Waals surface area contributed by atoms with Crippen LogP contribution in [0, 0.1) is 11.8 Å². The van der Waals surface area contributed by atoms with E-state index in [-0.39, 0.29) is 18.4 Å². The number of carboxylic acid groups (broad SMARTS) is 1. The standard InChI is InChI=1S/C20H32N2O4/c1-2-3-12-21-14-19(23)22-13-16-15(17-10-11-18(16)26-17)8-6-4-5-7-9-20(24)25/h2-4,6,15-18,21H,5,7-14H2,1H3,(H,22,23)(H,24,25)/b3-2?,6-4-/t15-,16+,17-,18+/m1/s1. The van der Waals surface area contributed by atoms with Gasteiger partial charge in [-0.1, -0.05) is 24.3 Å². The predicted molar refractivity (Wildman–Crippen MR) is 101 cm³/mol. The van der Waals surface area contributed by atoms with Gasteiger partial charge in [-0.15, -0.1) is 0 Å². The number of ether oxygens (including phenoxy) is 1. The summed E-state index contributed by atoms with van der Waals surface area (Å²) in [6, 6.07) is 0. The summed E-state index contributed by atoms with van der Waals surface area (Å²) in [5.41, 5.74) is 0. The van der Waals surface area contributed by atoms with Gasteiger partial charge < -0.3 is 20.5 Å². The summed E-state index contributed by atoms with van der Waals surface area (Å²) in [6.07, 6.45) is 13.6. The van der Waals surface area contributed by atoms with Crippen molar-refractivity contribution in [3.05, 3.63) is 24.3 Å². The van der Waals surface area contributed by atoms with Crippen LogP contribution in [0.4, 0.5) is 0 Å². The summed E-state index contributed by atoms with van der Waals surface area (Å²) in [5.74, 6) is 0.105. The molecule has 2 rings (SSSR count). The van der Waals surface area contributed by atoms with Crippen LogP contribution in [-0.2, 0) is 14.3 Å². The lowest BCUT2D eigenvalue weighted by Crippen LogP contribution is -2.41. The van der Waals surface area contributed by atoms with Gasteiger partial charge >= 0.3 is 5.97 Å². The molecule has 0 aromatic rings. The van der Waals surface area contributed by atoms with E-state index in [0.29, 0.717) is 44.0 Å². The highest BCUT2D eigenvalue weighted by molar-refractivity contribution is 5.78. The molecule has 0 radical (unpaired) electrons. The van der Waals surface area contributed by atoms with E-state index in [2.05, 4.69) is 22.8 Å². The number of hydrogen-bond donors (Lipinski definition) is 3. The molecule has 4 atom stereocenters. The fraction of sp³-hybridized carbons (Fsp3) is 0.700. The molecule has 0 unspecified atom stereocenters. The minimum absolute atomic E-state index is 0.0280. The smallest absolute Gasteiger partial charge is 0.303 e. The molecule has 2 aliphatic rings. The van der Waals surface area contributed by atoms with Crippen LogP contribution in [0.1, 0.15) is 45.4 Å². The number of rotatable bonds is 12. The predicted octanol–water partition coefficient (Wildman–Crippen LogP) is 2.26. The topological polar surface area (TPSA) is 87.7 Å². The van der Waals surface area contributed by atoms with Crippen LogP contribution >= 0.6 is 0 Å². The molecule has 0 spiro atoms. The summed E-state index contributed by atoms with van der Waals surface area (Å²) in [7, 11) is 0. The number of hydrogen-bond acceptors (Lipinski definition) is 4. The number of carbonyl (C=O) groups excluding carboxylic acids is 1. The highest BCUT2D eigenvalue weighted by Crippen LogP contribution is 2.44. The van der Waals surface area contributed by atoms with Gasteiger partial charge in [-0.3, -0.25) is 9.59 Å². The molecule has 2 heterocycles. The molecule has 0 aromatic heterocycles. The Balaban J connectivity index is 1.71. The van der Waals surface area contributed by atoms with Gasteiger partial charge in [0.25, 0.3) is 0 Å². The maximum atomic E-state index is 12.0. The van der Waals surface area contributed by atoms with Gasteiger partial charge in [-0.2, -0.15) is 0 Å². The van der Waals surface area contributed by atoms with E-state index in [4.69, 9.17) is 9.84 Å². The average Bonchev–Trinajstić information content (AvgIpc) is 3.21. The van der Waals surface area contributed by atoms with Gasteiger partial charge in [-0.05, 0) is 44.9 Å². The molecule has 2 bridgehead atoms. The Labute approximate surface area is 156 Å². The Morgan fingerprint density at radius 3 is 2.65 bits per heavy atom. The molecule has 2 fully saturated rings. The van der Waals surface area contributed by atoms with Gasteiger partial charge in [0.2, 0.25) is 5.91 Å². The fourth-order valence-electron chi connectivity index (χ4n) is 3.90. The maximum Gasteiger partial charge on any atom is 0.303 e. The minimum Gasteiger partial charge on any atom is -0.481 e. The Hall–Kier alpha value is -1.66. The van der Waals surface area contributed by atoms with E-state index in [0.717, 1.165) is 25.7 Å². The van der Waals surface area contributed by atoms with Crippen LogP contribution in [-0.4, -0.2) is 48.8 Å². The molecule has 2 saturated heterocycles. The van der Waals surface area contributed by atoms with Crippen LogP contribution < -0.4 is 10.6 Å². The van der Waals surface area contributed by atoms with E-state index in [1.807, 2.05) is 19.1 Å². The second-order valence-electron chi connectivity index (χ2n) is 7.12. The molecule has 3 N–H and O–H groups in total. The second-order valence-corrected chi connectivity index (χ2v) is 7.12. The minimum atomic E-state index is -0.740. The lowest BCUT2D eigenvalue weighted by atomic mass is 9.77. The quantitative estimate of drug-likeness (QED) is 0.365. The number of aliphatic carboxylic acids is 1. The zero-order valence-electron chi connectivity index (χ0n) is 15.7. The Morgan fingerprint density at radius 2 is 1.92 bits per heavy atom. The molecule has 6 nitrogen and oxygen atoms in total. The van der Waals surface area contributed by atoms with Crippen molar-refractivity contribution in [3.8, 4) is 0 Å². The molecule has 26 heavy (non-hydrogen) atoms. The van der Waals surface area contributed by atoms with Gasteiger partial charge in [0, 0.05) is 25.4 Å². The zero-order valence-corrected chi connectivity index (χ0v) is 15.7. The first kappa shape index (κ1) is 20.6. The first-order chi connectivity index (χ1) is 12.6. The number of allylic oxidation sites excluding steroid dienone is 3. The molecule has 0 aromatic carbocycles. The lowest BCUT2D eigenvalue weighted by Gasteiger charge is -2.27. The summed E-state index contributed by atoms with van der Waals surface area (Å²) < 4.78 is 6.06. The van der Waals surface area contributed by atoms with E-state index >= 15 is 0 Å². The largest absolute Gasteiger partial charge is 0.481 e. The molecule has 6 heteroatoms. The number of carbonyl (C=O) groups is 2. The molecule has 1 amide bonds. The highest BCUT2D eigenvalue weighted by Gasteiger charge is 2.47. The van der Waals surface area contributed by atoms with Crippen LogP contribution in [0.5, 0.6) is 0 Å². The first-order valence-corrected chi connectivity index (χ1v) is 9.72. The zero-order chi connectivity index (χ0) is 18.8. The Kier molecular flexibility index (Phi) is 8.85. The SMILES string of the molecule is CC=CCNCC(=O)NC[C@H]1[C@@H](C/C=C\CCCC(=O)O)[C@H]2CC[C@@H]1O2. The molecule has 0 aliphatic carbocycles. The van der Waals surface area contributed by atoms with Crippen molar-refractivity contribution in [2.45, 2.75) is 57.7 Å². The van der Waals surface area contributed by atoms with Crippen LogP contribution in [0.25, 0.3) is 0 Å².